The molecule has 5 nitrogen and oxygen atoms in total. The van der Waals surface area contributed by atoms with Crippen molar-refractivity contribution in [3.05, 3.63) is 18.2 Å². The Hall–Kier alpha value is -0.920. The molecule has 1 atom stereocenters. The maximum Gasteiger partial charge on any atom is 0.242 e. The molecule has 0 saturated carbocycles. The minimum atomic E-state index is -3.59. The second kappa shape index (κ2) is 7.02. The minimum absolute atomic E-state index is 0.0849. The van der Waals surface area contributed by atoms with Gasteiger partial charge < -0.3 is 10.5 Å². The Bertz CT molecular complexity index is 518. The Morgan fingerprint density at radius 2 is 2.16 bits per heavy atom. The van der Waals surface area contributed by atoms with Gasteiger partial charge in [0, 0.05) is 17.9 Å². The van der Waals surface area contributed by atoms with Crippen LogP contribution in [0.1, 0.15) is 13.8 Å². The van der Waals surface area contributed by atoms with Crippen molar-refractivity contribution in [1.29, 1.82) is 0 Å². The number of thioether (sulfide) groups is 1. The highest BCUT2D eigenvalue weighted by molar-refractivity contribution is 7.99. The van der Waals surface area contributed by atoms with Gasteiger partial charge in [-0.05, 0) is 24.8 Å². The molecule has 1 rings (SSSR count). The summed E-state index contributed by atoms with van der Waals surface area (Å²) in [6.07, 6.45) is 0. The average molecular weight is 304 g/mol. The standard InChI is InChI=1S/C12H20N2O3S2/c1-4-18-8-9(2)14-19(15,16)12-6-5-10(17-3)7-11(12)13/h5-7,9,14H,4,8,13H2,1-3H3. The number of nitrogen functional groups attached to an aromatic ring is 1. The fourth-order valence-electron chi connectivity index (χ4n) is 1.56. The second-order valence-electron chi connectivity index (χ2n) is 4.09. The van der Waals surface area contributed by atoms with E-state index in [0.29, 0.717) is 5.75 Å². The fraction of sp³-hybridized carbons (Fsp3) is 0.500. The van der Waals surface area contributed by atoms with Gasteiger partial charge in [0.25, 0.3) is 0 Å². The minimum Gasteiger partial charge on any atom is -0.497 e. The van der Waals surface area contributed by atoms with E-state index in [1.54, 1.807) is 17.8 Å². The molecule has 7 heteroatoms. The van der Waals surface area contributed by atoms with Crippen molar-refractivity contribution in [2.45, 2.75) is 24.8 Å². The fourth-order valence-corrected chi connectivity index (χ4v) is 3.69. The van der Waals surface area contributed by atoms with E-state index < -0.39 is 10.0 Å². The van der Waals surface area contributed by atoms with Gasteiger partial charge in [-0.25, -0.2) is 13.1 Å². The summed E-state index contributed by atoms with van der Waals surface area (Å²) in [6.45, 7) is 3.87. The molecule has 108 valence electrons. The molecule has 1 aromatic carbocycles. The molecular formula is C12H20N2O3S2. The van der Waals surface area contributed by atoms with Crippen LogP contribution >= 0.6 is 11.8 Å². The van der Waals surface area contributed by atoms with Crippen LogP contribution in [0, 0.1) is 0 Å². The Balaban J connectivity index is 2.88. The highest BCUT2D eigenvalue weighted by Gasteiger charge is 2.20. The molecule has 0 aliphatic rings. The number of rotatable bonds is 7. The highest BCUT2D eigenvalue weighted by Crippen LogP contribution is 2.23. The quantitative estimate of drug-likeness (QED) is 0.749. The van der Waals surface area contributed by atoms with Crippen LogP contribution in [-0.4, -0.2) is 33.1 Å². The first-order valence-corrected chi connectivity index (χ1v) is 8.58. The molecule has 0 aromatic heterocycles. The number of benzene rings is 1. The molecular weight excluding hydrogens is 284 g/mol. The zero-order chi connectivity index (χ0) is 14.5. The summed E-state index contributed by atoms with van der Waals surface area (Å²) in [5.74, 6) is 2.22. The van der Waals surface area contributed by atoms with Crippen LogP contribution in [0.3, 0.4) is 0 Å². The van der Waals surface area contributed by atoms with Gasteiger partial charge in [0.1, 0.15) is 10.6 Å². The van der Waals surface area contributed by atoms with Crippen molar-refractivity contribution >= 4 is 27.5 Å². The lowest BCUT2D eigenvalue weighted by Crippen LogP contribution is -2.34. The zero-order valence-corrected chi connectivity index (χ0v) is 13.0. The van der Waals surface area contributed by atoms with Crippen LogP contribution in [-0.2, 0) is 10.0 Å². The number of methoxy groups -OCH3 is 1. The van der Waals surface area contributed by atoms with E-state index in [-0.39, 0.29) is 16.6 Å². The molecule has 1 aromatic rings. The molecule has 0 aliphatic heterocycles. The predicted octanol–water partition coefficient (Wildman–Crippen LogP) is 1.70. The summed E-state index contributed by atoms with van der Waals surface area (Å²) in [6, 6.07) is 4.39. The van der Waals surface area contributed by atoms with E-state index >= 15 is 0 Å². The monoisotopic (exact) mass is 304 g/mol. The number of hydrogen-bond acceptors (Lipinski definition) is 5. The van der Waals surface area contributed by atoms with Crippen LogP contribution in [0.15, 0.2) is 23.1 Å². The summed E-state index contributed by atoms with van der Waals surface area (Å²) in [4.78, 5) is 0.0849. The third kappa shape index (κ3) is 4.59. The molecule has 0 bridgehead atoms. The first kappa shape index (κ1) is 16.1. The van der Waals surface area contributed by atoms with Gasteiger partial charge in [-0.3, -0.25) is 0 Å². The Kier molecular flexibility index (Phi) is 5.96. The number of sulfonamides is 1. The Morgan fingerprint density at radius 3 is 2.68 bits per heavy atom. The van der Waals surface area contributed by atoms with E-state index in [1.807, 2.05) is 13.8 Å². The Labute approximate surface area is 119 Å². The van der Waals surface area contributed by atoms with Crippen molar-refractivity contribution in [3.8, 4) is 5.75 Å². The first-order valence-electron chi connectivity index (χ1n) is 5.94. The van der Waals surface area contributed by atoms with Crippen LogP contribution in [0.4, 0.5) is 5.69 Å². The summed E-state index contributed by atoms with van der Waals surface area (Å²) in [7, 11) is -2.08. The van der Waals surface area contributed by atoms with E-state index in [4.69, 9.17) is 10.5 Å². The van der Waals surface area contributed by atoms with E-state index in [0.717, 1.165) is 11.5 Å². The lowest BCUT2D eigenvalue weighted by molar-refractivity contribution is 0.414. The number of nitrogens with two attached hydrogens (primary N) is 1. The topological polar surface area (TPSA) is 81.4 Å². The van der Waals surface area contributed by atoms with Crippen molar-refractivity contribution in [1.82, 2.24) is 4.72 Å². The molecule has 19 heavy (non-hydrogen) atoms. The van der Waals surface area contributed by atoms with Gasteiger partial charge in [0.15, 0.2) is 0 Å². The predicted molar refractivity (Wildman–Crippen MR) is 80.2 cm³/mol. The molecule has 0 radical (unpaired) electrons. The van der Waals surface area contributed by atoms with Crippen molar-refractivity contribution < 1.29 is 13.2 Å². The average Bonchev–Trinajstić information content (AvgIpc) is 2.35. The maximum absolute atomic E-state index is 12.2. The third-order valence-corrected chi connectivity index (χ3v) is 5.24. The number of anilines is 1. The van der Waals surface area contributed by atoms with Gasteiger partial charge in [-0.1, -0.05) is 6.92 Å². The molecule has 1 unspecified atom stereocenters. The van der Waals surface area contributed by atoms with Crippen molar-refractivity contribution in [2.24, 2.45) is 0 Å². The molecule has 0 heterocycles. The van der Waals surface area contributed by atoms with Crippen molar-refractivity contribution in [2.75, 3.05) is 24.3 Å². The van der Waals surface area contributed by atoms with Crippen LogP contribution in [0.2, 0.25) is 0 Å². The summed E-state index contributed by atoms with van der Waals surface area (Å²) >= 11 is 1.68. The van der Waals surface area contributed by atoms with Crippen LogP contribution in [0.25, 0.3) is 0 Å². The number of hydrogen-bond donors (Lipinski definition) is 2. The Morgan fingerprint density at radius 1 is 1.47 bits per heavy atom. The van der Waals surface area contributed by atoms with Gasteiger partial charge in [-0.15, -0.1) is 0 Å². The highest BCUT2D eigenvalue weighted by atomic mass is 32.2. The lowest BCUT2D eigenvalue weighted by Gasteiger charge is -2.15. The van der Waals surface area contributed by atoms with Gasteiger partial charge in [0.2, 0.25) is 10.0 Å². The molecule has 0 aliphatic carbocycles. The summed E-state index contributed by atoms with van der Waals surface area (Å²) in [5, 5.41) is 0. The van der Waals surface area contributed by atoms with E-state index in [2.05, 4.69) is 4.72 Å². The smallest absolute Gasteiger partial charge is 0.242 e. The normalized spacial score (nSPS) is 13.2. The molecule has 0 amide bonds. The molecule has 0 fully saturated rings. The largest absolute Gasteiger partial charge is 0.497 e. The zero-order valence-electron chi connectivity index (χ0n) is 11.3. The van der Waals surface area contributed by atoms with E-state index in [9.17, 15) is 8.42 Å². The molecule has 0 saturated heterocycles. The van der Waals surface area contributed by atoms with Crippen LogP contribution in [0.5, 0.6) is 5.75 Å². The number of nitrogens with one attached hydrogen (secondary N) is 1. The first-order chi connectivity index (χ1) is 8.90. The van der Waals surface area contributed by atoms with Crippen molar-refractivity contribution in [3.63, 3.8) is 0 Å². The summed E-state index contributed by atoms with van der Waals surface area (Å²) in [5.41, 5.74) is 5.94. The van der Waals surface area contributed by atoms with Crippen LogP contribution < -0.4 is 15.2 Å². The molecule has 0 spiro atoms. The SMILES string of the molecule is CCSCC(C)NS(=O)(=O)c1ccc(OC)cc1N. The van der Waals surface area contributed by atoms with Gasteiger partial charge in [-0.2, -0.15) is 11.8 Å². The molecule has 3 N–H and O–H groups in total. The second-order valence-corrected chi connectivity index (χ2v) is 7.09. The summed E-state index contributed by atoms with van der Waals surface area (Å²) < 4.78 is 32.0. The van der Waals surface area contributed by atoms with E-state index in [1.165, 1.54) is 19.2 Å². The van der Waals surface area contributed by atoms with Gasteiger partial charge in [0.05, 0.1) is 12.8 Å². The maximum atomic E-state index is 12.2. The number of ether oxygens (including phenoxy) is 1. The third-order valence-electron chi connectivity index (χ3n) is 2.43. The van der Waals surface area contributed by atoms with Gasteiger partial charge >= 0.3 is 0 Å². The lowest BCUT2D eigenvalue weighted by atomic mass is 10.3.